The Morgan fingerprint density at radius 1 is 0.963 bits per heavy atom. The fourth-order valence-electron chi connectivity index (χ4n) is 4.10. The second-order valence-electron chi connectivity index (χ2n) is 7.18. The second kappa shape index (κ2) is 8.09. The van der Waals surface area contributed by atoms with Crippen molar-refractivity contribution in [2.24, 2.45) is 0 Å². The zero-order chi connectivity index (χ0) is 18.6. The molecule has 0 radical (unpaired) electrons. The van der Waals surface area contributed by atoms with E-state index < -0.39 is 0 Å². The molecule has 0 N–H and O–H groups in total. The molecule has 0 spiro atoms. The SMILES string of the molecule is O=C(c1ccccc1N1CCOCC1)N1CCCC[C@H]1c1ccc(F)cc1. The summed E-state index contributed by atoms with van der Waals surface area (Å²) < 4.78 is 18.8. The summed E-state index contributed by atoms with van der Waals surface area (Å²) in [6, 6.07) is 14.4. The van der Waals surface area contributed by atoms with E-state index in [4.69, 9.17) is 4.74 Å². The summed E-state index contributed by atoms with van der Waals surface area (Å²) in [6.45, 7) is 3.70. The van der Waals surface area contributed by atoms with Gasteiger partial charge in [-0.3, -0.25) is 4.79 Å². The lowest BCUT2D eigenvalue weighted by Crippen LogP contribution is -2.41. The van der Waals surface area contributed by atoms with Crippen molar-refractivity contribution < 1.29 is 13.9 Å². The lowest BCUT2D eigenvalue weighted by molar-refractivity contribution is 0.0611. The first-order valence-electron chi connectivity index (χ1n) is 9.72. The van der Waals surface area contributed by atoms with Crippen LogP contribution in [0.3, 0.4) is 0 Å². The molecule has 0 aromatic heterocycles. The molecule has 5 heteroatoms. The molecule has 142 valence electrons. The zero-order valence-electron chi connectivity index (χ0n) is 15.4. The lowest BCUT2D eigenvalue weighted by Gasteiger charge is -2.37. The van der Waals surface area contributed by atoms with Crippen molar-refractivity contribution in [1.82, 2.24) is 4.90 Å². The molecule has 27 heavy (non-hydrogen) atoms. The van der Waals surface area contributed by atoms with Gasteiger partial charge in [0.2, 0.25) is 0 Å². The average molecular weight is 368 g/mol. The fraction of sp³-hybridized carbons (Fsp3) is 0.409. The van der Waals surface area contributed by atoms with E-state index in [0.717, 1.165) is 55.7 Å². The number of ether oxygens (including phenoxy) is 1. The molecule has 2 aromatic rings. The maximum atomic E-state index is 13.5. The van der Waals surface area contributed by atoms with Gasteiger partial charge in [0, 0.05) is 25.3 Å². The van der Waals surface area contributed by atoms with Gasteiger partial charge >= 0.3 is 0 Å². The van der Waals surface area contributed by atoms with Crippen molar-refractivity contribution in [3.8, 4) is 0 Å². The van der Waals surface area contributed by atoms with Crippen LogP contribution in [0.25, 0.3) is 0 Å². The van der Waals surface area contributed by atoms with Crippen molar-refractivity contribution in [2.75, 3.05) is 37.7 Å². The summed E-state index contributed by atoms with van der Waals surface area (Å²) in [5, 5.41) is 0. The van der Waals surface area contributed by atoms with E-state index in [1.165, 1.54) is 12.1 Å². The quantitative estimate of drug-likeness (QED) is 0.820. The van der Waals surface area contributed by atoms with E-state index in [1.807, 2.05) is 29.2 Å². The minimum absolute atomic E-state index is 0.00425. The van der Waals surface area contributed by atoms with E-state index in [1.54, 1.807) is 12.1 Å². The molecule has 0 saturated carbocycles. The van der Waals surface area contributed by atoms with Crippen LogP contribution in [-0.4, -0.2) is 43.7 Å². The lowest BCUT2D eigenvalue weighted by atomic mass is 9.94. The molecular formula is C22H25FN2O2. The van der Waals surface area contributed by atoms with Crippen LogP contribution in [0.15, 0.2) is 48.5 Å². The minimum atomic E-state index is -0.245. The maximum Gasteiger partial charge on any atom is 0.256 e. The van der Waals surface area contributed by atoms with E-state index in [0.29, 0.717) is 13.2 Å². The predicted molar refractivity (Wildman–Crippen MR) is 104 cm³/mol. The number of anilines is 1. The largest absolute Gasteiger partial charge is 0.378 e. The van der Waals surface area contributed by atoms with Crippen LogP contribution in [0.2, 0.25) is 0 Å². The Balaban J connectivity index is 1.63. The number of likely N-dealkylation sites (tertiary alicyclic amines) is 1. The first kappa shape index (κ1) is 18.0. The van der Waals surface area contributed by atoms with Gasteiger partial charge in [0.15, 0.2) is 0 Å². The highest BCUT2D eigenvalue weighted by Crippen LogP contribution is 2.34. The summed E-state index contributed by atoms with van der Waals surface area (Å²) in [7, 11) is 0. The van der Waals surface area contributed by atoms with E-state index >= 15 is 0 Å². The van der Waals surface area contributed by atoms with Crippen LogP contribution in [0.1, 0.15) is 41.2 Å². The number of rotatable bonds is 3. The Kier molecular flexibility index (Phi) is 5.39. The monoisotopic (exact) mass is 368 g/mol. The van der Waals surface area contributed by atoms with Gasteiger partial charge in [0.1, 0.15) is 5.82 Å². The summed E-state index contributed by atoms with van der Waals surface area (Å²) in [5.74, 6) is -0.184. The Labute approximate surface area is 159 Å². The van der Waals surface area contributed by atoms with Crippen LogP contribution in [-0.2, 0) is 4.74 Å². The van der Waals surface area contributed by atoms with E-state index in [2.05, 4.69) is 4.90 Å². The highest BCUT2D eigenvalue weighted by molar-refractivity contribution is 6.00. The molecule has 1 amide bonds. The third-order valence-electron chi connectivity index (χ3n) is 5.50. The number of carbonyl (C=O) groups is 1. The summed E-state index contributed by atoms with van der Waals surface area (Å²) in [6.07, 6.45) is 3.00. The number of para-hydroxylation sites is 1. The average Bonchev–Trinajstić information content (AvgIpc) is 2.74. The van der Waals surface area contributed by atoms with Gasteiger partial charge in [-0.25, -0.2) is 4.39 Å². The summed E-state index contributed by atoms with van der Waals surface area (Å²) in [4.78, 5) is 17.7. The molecule has 4 nitrogen and oxygen atoms in total. The molecule has 0 aliphatic carbocycles. The van der Waals surface area contributed by atoms with Gasteiger partial charge in [0.05, 0.1) is 24.8 Å². The fourth-order valence-corrected chi connectivity index (χ4v) is 4.10. The van der Waals surface area contributed by atoms with Crippen LogP contribution in [0.5, 0.6) is 0 Å². The third kappa shape index (κ3) is 3.83. The number of nitrogens with zero attached hydrogens (tertiary/aromatic N) is 2. The Morgan fingerprint density at radius 2 is 1.70 bits per heavy atom. The molecule has 2 fully saturated rings. The normalized spacial score (nSPS) is 20.6. The summed E-state index contributed by atoms with van der Waals surface area (Å²) in [5.41, 5.74) is 2.73. The summed E-state index contributed by atoms with van der Waals surface area (Å²) >= 11 is 0. The van der Waals surface area contributed by atoms with Gasteiger partial charge in [-0.2, -0.15) is 0 Å². The van der Waals surface area contributed by atoms with Gasteiger partial charge < -0.3 is 14.5 Å². The molecule has 2 saturated heterocycles. The number of hydrogen-bond acceptors (Lipinski definition) is 3. The molecule has 0 bridgehead atoms. The van der Waals surface area contributed by atoms with Crippen LogP contribution in [0, 0.1) is 5.82 Å². The van der Waals surface area contributed by atoms with Crippen molar-refractivity contribution in [2.45, 2.75) is 25.3 Å². The minimum Gasteiger partial charge on any atom is -0.378 e. The number of morpholine rings is 1. The first-order valence-corrected chi connectivity index (χ1v) is 9.72. The Bertz CT molecular complexity index is 787. The molecule has 0 unspecified atom stereocenters. The topological polar surface area (TPSA) is 32.8 Å². The first-order chi connectivity index (χ1) is 13.2. The van der Waals surface area contributed by atoms with Crippen LogP contribution >= 0.6 is 0 Å². The second-order valence-corrected chi connectivity index (χ2v) is 7.18. The Morgan fingerprint density at radius 3 is 2.48 bits per heavy atom. The predicted octanol–water partition coefficient (Wildman–Crippen LogP) is 4.03. The van der Waals surface area contributed by atoms with E-state index in [-0.39, 0.29) is 17.8 Å². The Hall–Kier alpha value is -2.40. The van der Waals surface area contributed by atoms with Crippen molar-refractivity contribution in [3.05, 3.63) is 65.5 Å². The van der Waals surface area contributed by atoms with Crippen molar-refractivity contribution in [1.29, 1.82) is 0 Å². The zero-order valence-corrected chi connectivity index (χ0v) is 15.4. The smallest absolute Gasteiger partial charge is 0.256 e. The number of benzene rings is 2. The number of hydrogen-bond donors (Lipinski definition) is 0. The van der Waals surface area contributed by atoms with Gasteiger partial charge in [-0.15, -0.1) is 0 Å². The molecule has 1 atom stereocenters. The number of carbonyl (C=O) groups excluding carboxylic acids is 1. The van der Waals surface area contributed by atoms with Crippen LogP contribution in [0.4, 0.5) is 10.1 Å². The highest BCUT2D eigenvalue weighted by Gasteiger charge is 2.30. The number of piperidine rings is 1. The maximum absolute atomic E-state index is 13.5. The molecule has 2 aromatic carbocycles. The molecular weight excluding hydrogens is 343 g/mol. The molecule has 2 aliphatic rings. The number of halogens is 1. The van der Waals surface area contributed by atoms with Crippen molar-refractivity contribution in [3.63, 3.8) is 0 Å². The standard InChI is InChI=1S/C22H25FN2O2/c23-18-10-8-17(9-11-18)20-6-3-4-12-25(20)22(26)19-5-1-2-7-21(19)24-13-15-27-16-14-24/h1-2,5,7-11,20H,3-4,6,12-16H2/t20-/m0/s1. The van der Waals surface area contributed by atoms with Crippen molar-refractivity contribution >= 4 is 11.6 Å². The van der Waals surface area contributed by atoms with E-state index in [9.17, 15) is 9.18 Å². The third-order valence-corrected chi connectivity index (χ3v) is 5.50. The highest BCUT2D eigenvalue weighted by atomic mass is 19.1. The molecule has 2 heterocycles. The number of amides is 1. The van der Waals surface area contributed by atoms with Gasteiger partial charge in [-0.05, 0) is 49.1 Å². The van der Waals surface area contributed by atoms with Crippen LogP contribution < -0.4 is 4.90 Å². The molecule has 4 rings (SSSR count). The molecule has 2 aliphatic heterocycles. The van der Waals surface area contributed by atoms with Gasteiger partial charge in [0.25, 0.3) is 5.91 Å². The van der Waals surface area contributed by atoms with Gasteiger partial charge in [-0.1, -0.05) is 24.3 Å².